The number of phosphoric ester groups is 2. The smallest absolute Gasteiger partial charge is 0.462 e. The van der Waals surface area contributed by atoms with E-state index in [9.17, 15) is 43.2 Å². The first kappa shape index (κ1) is 106. The summed E-state index contributed by atoms with van der Waals surface area (Å²) in [6.07, 6.45) is 73.6. The lowest BCUT2D eigenvalue weighted by atomic mass is 10.0. The molecule has 0 aromatic carbocycles. The van der Waals surface area contributed by atoms with E-state index in [4.69, 9.17) is 37.0 Å². The molecule has 0 saturated heterocycles. The summed E-state index contributed by atoms with van der Waals surface area (Å²) in [4.78, 5) is 73.4. The average Bonchev–Trinajstić information content (AvgIpc) is 0.904. The third-order valence-electron chi connectivity index (χ3n) is 21.0. The van der Waals surface area contributed by atoms with Crippen LogP contribution in [0.2, 0.25) is 0 Å². The van der Waals surface area contributed by atoms with Crippen LogP contribution in [0.3, 0.4) is 0 Å². The number of rotatable bonds is 88. The number of hydrogen-bond donors (Lipinski definition) is 3. The zero-order valence-electron chi connectivity index (χ0n) is 71.2. The quantitative estimate of drug-likeness (QED) is 0.0222. The van der Waals surface area contributed by atoms with Crippen molar-refractivity contribution >= 4 is 39.5 Å². The number of esters is 4. The van der Waals surface area contributed by atoms with Crippen LogP contribution >= 0.6 is 15.6 Å². The van der Waals surface area contributed by atoms with Crippen LogP contribution in [-0.2, 0) is 65.4 Å². The Morgan fingerprint density at radius 3 is 0.630 bits per heavy atom. The molecule has 0 saturated carbocycles. The van der Waals surface area contributed by atoms with E-state index in [2.05, 4.69) is 41.5 Å². The van der Waals surface area contributed by atoms with Gasteiger partial charge in [0.25, 0.3) is 0 Å². The Morgan fingerprint density at radius 1 is 0.250 bits per heavy atom. The Hall–Kier alpha value is -1.94. The lowest BCUT2D eigenvalue weighted by Crippen LogP contribution is -2.30. The highest BCUT2D eigenvalue weighted by Crippen LogP contribution is 2.45. The standard InChI is InChI=1S/C89H174O17P2/c1-7-9-11-13-15-17-19-21-23-25-26-30-34-37-41-47-53-59-65-71-86(91)99-77-84(105-88(93)74-68-62-56-49-43-39-35-31-28-27-29-32-36-40-45-51-57-63-69-81(3)4)79-103-107(95,96)101-75-83(90)76-102-108(97,98)104-80-85(78-100-87(92)72-66-60-54-50-44-46-52-58-64-70-82(5)6)106-89(94)73-67-61-55-48-42-38-33-24-22-20-18-16-14-12-10-8-2/h81-85,90H,7-80H2,1-6H3,(H,95,96)(H,97,98)/t83-,84-,85-/m1/s1. The van der Waals surface area contributed by atoms with Crippen molar-refractivity contribution in [3.63, 3.8) is 0 Å². The third kappa shape index (κ3) is 82.1. The van der Waals surface area contributed by atoms with E-state index in [0.29, 0.717) is 25.7 Å². The molecule has 19 heteroatoms. The van der Waals surface area contributed by atoms with Crippen molar-refractivity contribution in [2.45, 2.75) is 496 Å². The molecular formula is C89H174O17P2. The number of aliphatic hydroxyl groups excluding tert-OH is 1. The van der Waals surface area contributed by atoms with Gasteiger partial charge in [0.1, 0.15) is 19.3 Å². The first-order valence-corrected chi connectivity index (χ1v) is 49.0. The number of phosphoric acid groups is 2. The highest BCUT2D eigenvalue weighted by atomic mass is 31.2. The molecule has 0 aliphatic carbocycles. The molecule has 0 aliphatic rings. The van der Waals surface area contributed by atoms with E-state index in [0.717, 1.165) is 102 Å². The van der Waals surface area contributed by atoms with Crippen molar-refractivity contribution in [1.82, 2.24) is 0 Å². The van der Waals surface area contributed by atoms with Gasteiger partial charge in [-0.1, -0.05) is 427 Å². The topological polar surface area (TPSA) is 237 Å². The number of ether oxygens (including phenoxy) is 4. The van der Waals surface area contributed by atoms with Crippen LogP contribution < -0.4 is 0 Å². The summed E-state index contributed by atoms with van der Waals surface area (Å²) < 4.78 is 69.0. The number of carbonyl (C=O) groups excluding carboxylic acids is 4. The zero-order valence-corrected chi connectivity index (χ0v) is 73.0. The Bertz CT molecular complexity index is 2060. The lowest BCUT2D eigenvalue weighted by Gasteiger charge is -2.21. The second-order valence-electron chi connectivity index (χ2n) is 32.9. The second-order valence-corrected chi connectivity index (χ2v) is 35.8. The molecule has 0 fully saturated rings. The van der Waals surface area contributed by atoms with Crippen molar-refractivity contribution in [2.75, 3.05) is 39.6 Å². The molecule has 0 bridgehead atoms. The molecule has 0 radical (unpaired) electrons. The fourth-order valence-electron chi connectivity index (χ4n) is 14.0. The van der Waals surface area contributed by atoms with Crippen molar-refractivity contribution in [1.29, 1.82) is 0 Å². The first-order chi connectivity index (χ1) is 52.4. The van der Waals surface area contributed by atoms with Crippen molar-refractivity contribution in [2.24, 2.45) is 11.8 Å². The Balaban J connectivity index is 5.25. The van der Waals surface area contributed by atoms with E-state index < -0.39 is 97.5 Å². The van der Waals surface area contributed by atoms with Crippen LogP contribution in [0, 0.1) is 11.8 Å². The third-order valence-corrected chi connectivity index (χ3v) is 22.9. The van der Waals surface area contributed by atoms with Gasteiger partial charge in [-0.25, -0.2) is 9.13 Å². The molecule has 0 rings (SSSR count). The normalized spacial score (nSPS) is 13.8. The number of unbranched alkanes of at least 4 members (excludes halogenated alkanes) is 58. The minimum absolute atomic E-state index is 0.108. The van der Waals surface area contributed by atoms with Gasteiger partial charge in [0.05, 0.1) is 26.4 Å². The van der Waals surface area contributed by atoms with E-state index in [-0.39, 0.29) is 25.7 Å². The van der Waals surface area contributed by atoms with E-state index in [1.165, 1.54) is 295 Å². The van der Waals surface area contributed by atoms with Gasteiger partial charge in [0, 0.05) is 25.7 Å². The van der Waals surface area contributed by atoms with Gasteiger partial charge in [0.2, 0.25) is 0 Å². The molecule has 108 heavy (non-hydrogen) atoms. The average molecular weight is 1580 g/mol. The zero-order chi connectivity index (χ0) is 79.2. The highest BCUT2D eigenvalue weighted by Gasteiger charge is 2.31. The molecule has 0 aliphatic heterocycles. The number of hydrogen-bond acceptors (Lipinski definition) is 15. The highest BCUT2D eigenvalue weighted by molar-refractivity contribution is 7.47. The Labute approximate surface area is 664 Å². The second kappa shape index (κ2) is 80.3. The van der Waals surface area contributed by atoms with Crippen LogP contribution in [0.5, 0.6) is 0 Å². The fourth-order valence-corrected chi connectivity index (χ4v) is 15.5. The maximum Gasteiger partial charge on any atom is 0.472 e. The van der Waals surface area contributed by atoms with Crippen LogP contribution in [-0.4, -0.2) is 96.7 Å². The maximum absolute atomic E-state index is 13.2. The Kier molecular flexibility index (Phi) is 78.8. The van der Waals surface area contributed by atoms with Crippen LogP contribution in [0.25, 0.3) is 0 Å². The minimum Gasteiger partial charge on any atom is -0.462 e. The lowest BCUT2D eigenvalue weighted by molar-refractivity contribution is -0.161. The summed E-state index contributed by atoms with van der Waals surface area (Å²) >= 11 is 0. The van der Waals surface area contributed by atoms with Crippen molar-refractivity contribution in [3.05, 3.63) is 0 Å². The van der Waals surface area contributed by atoms with Crippen LogP contribution in [0.4, 0.5) is 0 Å². The molecule has 5 atom stereocenters. The van der Waals surface area contributed by atoms with Gasteiger partial charge in [0.15, 0.2) is 12.2 Å². The summed E-state index contributed by atoms with van der Waals surface area (Å²) in [5.74, 6) is -0.533. The molecular weight excluding hydrogens is 1400 g/mol. The predicted molar refractivity (Wildman–Crippen MR) is 446 cm³/mol. The van der Waals surface area contributed by atoms with E-state index in [1.54, 1.807) is 0 Å². The van der Waals surface area contributed by atoms with Gasteiger partial charge in [-0.3, -0.25) is 37.3 Å². The molecule has 0 aromatic rings. The number of aliphatic hydroxyl groups is 1. The molecule has 3 N–H and O–H groups in total. The summed E-state index contributed by atoms with van der Waals surface area (Å²) in [7, 11) is -9.93. The molecule has 0 amide bonds. The summed E-state index contributed by atoms with van der Waals surface area (Å²) in [6.45, 7) is 9.71. The molecule has 2 unspecified atom stereocenters. The van der Waals surface area contributed by atoms with E-state index >= 15 is 0 Å². The first-order valence-electron chi connectivity index (χ1n) is 46.0. The maximum atomic E-state index is 13.2. The van der Waals surface area contributed by atoms with Gasteiger partial charge < -0.3 is 33.8 Å². The van der Waals surface area contributed by atoms with Crippen LogP contribution in [0.1, 0.15) is 478 Å². The SMILES string of the molecule is CCCCCCCCCCCCCCCCCCCCCC(=O)OC[C@H](COP(=O)(O)OC[C@@H](O)COP(=O)(O)OC[C@@H](COC(=O)CCCCCCCCCCCC(C)C)OC(=O)CCCCCCCCCCCCCCCCCC)OC(=O)CCCCCCCCCCCCCCCCCCCCC(C)C. The van der Waals surface area contributed by atoms with Gasteiger partial charge in [-0.05, 0) is 37.5 Å². The molecule has 642 valence electrons. The summed E-state index contributed by atoms with van der Waals surface area (Å²) in [5.41, 5.74) is 0. The van der Waals surface area contributed by atoms with E-state index in [1.807, 2.05) is 0 Å². The van der Waals surface area contributed by atoms with Gasteiger partial charge in [-0.15, -0.1) is 0 Å². The molecule has 0 spiro atoms. The van der Waals surface area contributed by atoms with Gasteiger partial charge in [-0.2, -0.15) is 0 Å². The molecule has 17 nitrogen and oxygen atoms in total. The fraction of sp³-hybridized carbons (Fsp3) is 0.955. The number of carbonyl (C=O) groups is 4. The van der Waals surface area contributed by atoms with Crippen molar-refractivity contribution < 1.29 is 80.2 Å². The van der Waals surface area contributed by atoms with Crippen molar-refractivity contribution in [3.8, 4) is 0 Å². The molecule has 0 heterocycles. The van der Waals surface area contributed by atoms with Gasteiger partial charge >= 0.3 is 39.5 Å². The summed E-state index contributed by atoms with van der Waals surface area (Å²) in [5, 5.41) is 10.7. The minimum atomic E-state index is -4.97. The Morgan fingerprint density at radius 2 is 0.426 bits per heavy atom. The molecule has 0 aromatic heterocycles. The monoisotopic (exact) mass is 1580 g/mol. The summed E-state index contributed by atoms with van der Waals surface area (Å²) in [6, 6.07) is 0. The van der Waals surface area contributed by atoms with Crippen LogP contribution in [0.15, 0.2) is 0 Å². The largest absolute Gasteiger partial charge is 0.472 e. The predicted octanol–water partition coefficient (Wildman–Crippen LogP) is 27.4.